The lowest BCUT2D eigenvalue weighted by Gasteiger charge is -2.39. The van der Waals surface area contributed by atoms with Crippen molar-refractivity contribution in [3.8, 4) is 0 Å². The highest BCUT2D eigenvalue weighted by Gasteiger charge is 2.48. The number of benzene rings is 3. The first-order valence-corrected chi connectivity index (χ1v) is 18.5. The third kappa shape index (κ3) is 7.82. The molecule has 3 aromatic rings. The van der Waals surface area contributed by atoms with Gasteiger partial charge < -0.3 is 10.6 Å². The Kier molecular flexibility index (Phi) is 9.95. The lowest BCUT2D eigenvalue weighted by atomic mass is 9.73. The van der Waals surface area contributed by atoms with Gasteiger partial charge in [0, 0.05) is 49.0 Å². The molecule has 0 atom stereocenters. The Balaban J connectivity index is 1.21. The number of sulfone groups is 1. The maximum absolute atomic E-state index is 12.9. The number of carbonyl (C=O) groups is 1. The highest BCUT2D eigenvalue weighted by molar-refractivity contribution is 7.92. The largest absolute Gasteiger partial charge is 0.501 e. The van der Waals surface area contributed by atoms with Gasteiger partial charge in [0.25, 0.3) is 25.8 Å². The van der Waals surface area contributed by atoms with E-state index in [1.165, 1.54) is 28.8 Å². The first kappa shape index (κ1) is 35.7. The SMILES string of the molecule is CC1(C)CCC(c2ccc(Cl)cc2)=C(CN2CCN(c3ccc(C(=O)NS(=O)(=O)c4ccc(S(=O)(=O)C(F)(F)F)c(N)c4)cc3)CC2)C1. The number of nitrogen functional groups attached to an aromatic ring is 1. The molecule has 9 nitrogen and oxygen atoms in total. The molecule has 1 fully saturated rings. The maximum atomic E-state index is 12.9. The number of hydrogen-bond donors (Lipinski definition) is 2. The fourth-order valence-corrected chi connectivity index (χ4v) is 8.13. The minimum Gasteiger partial charge on any atom is -0.398 e. The number of nitrogens with zero attached hydrogens (tertiary/aromatic N) is 2. The van der Waals surface area contributed by atoms with Crippen LogP contribution >= 0.6 is 11.6 Å². The number of anilines is 2. The Morgan fingerprint density at radius 2 is 1.56 bits per heavy atom. The number of rotatable bonds is 8. The summed E-state index contributed by atoms with van der Waals surface area (Å²) in [6.07, 6.45) is 3.18. The number of nitrogens with one attached hydrogen (secondary N) is 1. The summed E-state index contributed by atoms with van der Waals surface area (Å²) in [4.78, 5) is 15.5. The molecule has 0 radical (unpaired) electrons. The zero-order valence-electron chi connectivity index (χ0n) is 26.3. The van der Waals surface area contributed by atoms with E-state index in [1.54, 1.807) is 12.1 Å². The summed E-state index contributed by atoms with van der Waals surface area (Å²) >= 11 is 6.14. The van der Waals surface area contributed by atoms with Crippen LogP contribution in [0.15, 0.2) is 82.1 Å². The van der Waals surface area contributed by atoms with Gasteiger partial charge in [-0.1, -0.05) is 43.2 Å². The number of halogens is 4. The van der Waals surface area contributed by atoms with E-state index in [0.29, 0.717) is 18.2 Å². The second kappa shape index (κ2) is 13.4. The molecular weight excluding hydrogens is 689 g/mol. The van der Waals surface area contributed by atoms with Crippen LogP contribution in [-0.2, 0) is 19.9 Å². The molecule has 0 unspecified atom stereocenters. The van der Waals surface area contributed by atoms with Crippen molar-refractivity contribution >= 4 is 54.3 Å². The summed E-state index contributed by atoms with van der Waals surface area (Å²) in [6.45, 7) is 8.70. The van der Waals surface area contributed by atoms with Crippen molar-refractivity contribution in [1.29, 1.82) is 0 Å². The minimum atomic E-state index is -5.80. The summed E-state index contributed by atoms with van der Waals surface area (Å²) in [5.41, 5.74) is 4.13. The van der Waals surface area contributed by atoms with Gasteiger partial charge in [-0.3, -0.25) is 9.69 Å². The lowest BCUT2D eigenvalue weighted by Crippen LogP contribution is -2.47. The molecular formula is C33H36ClF3N4O5S2. The van der Waals surface area contributed by atoms with Crippen molar-refractivity contribution < 1.29 is 34.8 Å². The first-order chi connectivity index (χ1) is 22.4. The molecule has 0 bridgehead atoms. The number of alkyl halides is 3. The number of carbonyl (C=O) groups excluding carboxylic acids is 1. The van der Waals surface area contributed by atoms with E-state index in [9.17, 15) is 34.8 Å². The Morgan fingerprint density at radius 3 is 2.15 bits per heavy atom. The fourth-order valence-electron chi connectivity index (χ4n) is 6.12. The summed E-state index contributed by atoms with van der Waals surface area (Å²) in [6, 6.07) is 16.1. The van der Waals surface area contributed by atoms with Crippen LogP contribution in [0.25, 0.3) is 5.57 Å². The number of allylic oxidation sites excluding steroid dienone is 1. The standard InChI is InChI=1S/C33H36ClF3N4O5S2/c1-32(2)14-13-28(22-3-7-25(34)8-4-22)24(20-32)21-40-15-17-41(18-16-40)26-9-5-23(6-10-26)31(42)39-48(45,46)27-11-12-30(29(38)19-27)47(43,44)33(35,36)37/h3-12,19H,13-18,20-21,38H2,1-2H3,(H,39,42). The van der Waals surface area contributed by atoms with Gasteiger partial charge in [-0.25, -0.2) is 21.6 Å². The predicted octanol–water partition coefficient (Wildman–Crippen LogP) is 6.12. The number of sulfonamides is 1. The molecule has 1 amide bonds. The van der Waals surface area contributed by atoms with Gasteiger partial charge in [0.2, 0.25) is 0 Å². The lowest BCUT2D eigenvalue weighted by molar-refractivity contribution is -0.0435. The van der Waals surface area contributed by atoms with E-state index < -0.39 is 46.8 Å². The number of piperazine rings is 1. The van der Waals surface area contributed by atoms with Gasteiger partial charge in [-0.15, -0.1) is 0 Å². The van der Waals surface area contributed by atoms with Crippen LogP contribution in [-0.4, -0.2) is 65.9 Å². The number of hydrogen-bond acceptors (Lipinski definition) is 8. The van der Waals surface area contributed by atoms with Crippen molar-refractivity contribution in [1.82, 2.24) is 9.62 Å². The summed E-state index contributed by atoms with van der Waals surface area (Å²) < 4.78 is 89.5. The molecule has 3 N–H and O–H groups in total. The molecule has 2 aliphatic rings. The summed E-state index contributed by atoms with van der Waals surface area (Å²) in [7, 11) is -10.4. The number of amides is 1. The van der Waals surface area contributed by atoms with Crippen LogP contribution < -0.4 is 15.4 Å². The van der Waals surface area contributed by atoms with E-state index in [0.717, 1.165) is 62.7 Å². The molecule has 1 aliphatic carbocycles. The van der Waals surface area contributed by atoms with Crippen molar-refractivity contribution in [3.05, 3.63) is 88.5 Å². The van der Waals surface area contributed by atoms with Crippen molar-refractivity contribution in [2.45, 2.75) is 48.4 Å². The van der Waals surface area contributed by atoms with Crippen LogP contribution in [0.2, 0.25) is 5.02 Å². The number of nitrogens with two attached hydrogens (primary N) is 1. The quantitative estimate of drug-likeness (QED) is 0.266. The molecule has 5 rings (SSSR count). The molecule has 0 aromatic heterocycles. The van der Waals surface area contributed by atoms with E-state index in [1.807, 2.05) is 16.9 Å². The van der Waals surface area contributed by atoms with Gasteiger partial charge in [0.05, 0.1) is 15.5 Å². The fraction of sp³-hybridized carbons (Fsp3) is 0.364. The van der Waals surface area contributed by atoms with Gasteiger partial charge in [0.15, 0.2) is 0 Å². The Hall–Kier alpha value is -3.59. The van der Waals surface area contributed by atoms with Gasteiger partial charge in [-0.2, -0.15) is 13.2 Å². The van der Waals surface area contributed by atoms with Crippen LogP contribution in [0.1, 0.15) is 49.0 Å². The Labute approximate surface area is 283 Å². The zero-order chi connectivity index (χ0) is 35.1. The summed E-state index contributed by atoms with van der Waals surface area (Å²) in [5, 5.41) is 0.717. The first-order valence-electron chi connectivity index (χ1n) is 15.2. The molecule has 258 valence electrons. The van der Waals surface area contributed by atoms with E-state index in [2.05, 4.69) is 35.8 Å². The molecule has 3 aromatic carbocycles. The van der Waals surface area contributed by atoms with Crippen molar-refractivity contribution in [2.75, 3.05) is 43.4 Å². The molecule has 1 aliphatic heterocycles. The smallest absolute Gasteiger partial charge is 0.398 e. The maximum Gasteiger partial charge on any atom is 0.501 e. The minimum absolute atomic E-state index is 0.0341. The van der Waals surface area contributed by atoms with E-state index in [-0.39, 0.29) is 11.0 Å². The van der Waals surface area contributed by atoms with Crippen LogP contribution in [0.3, 0.4) is 0 Å². The van der Waals surface area contributed by atoms with Crippen LogP contribution in [0.5, 0.6) is 0 Å². The summed E-state index contributed by atoms with van der Waals surface area (Å²) in [5.74, 6) is -0.975. The average Bonchev–Trinajstić information content (AvgIpc) is 3.01. The van der Waals surface area contributed by atoms with E-state index in [4.69, 9.17) is 17.3 Å². The monoisotopic (exact) mass is 724 g/mol. The van der Waals surface area contributed by atoms with Crippen molar-refractivity contribution in [2.24, 2.45) is 5.41 Å². The molecule has 48 heavy (non-hydrogen) atoms. The van der Waals surface area contributed by atoms with Gasteiger partial charge in [-0.05, 0) is 90.4 Å². The molecule has 1 saturated heterocycles. The zero-order valence-corrected chi connectivity index (χ0v) is 28.7. The topological polar surface area (TPSA) is 130 Å². The second-order valence-electron chi connectivity index (χ2n) is 12.8. The van der Waals surface area contributed by atoms with Crippen LogP contribution in [0.4, 0.5) is 24.5 Å². The van der Waals surface area contributed by atoms with Crippen molar-refractivity contribution in [3.63, 3.8) is 0 Å². The Bertz CT molecular complexity index is 1940. The third-order valence-electron chi connectivity index (χ3n) is 8.76. The molecule has 0 spiro atoms. The average molecular weight is 725 g/mol. The second-order valence-corrected chi connectivity index (χ2v) is 16.9. The van der Waals surface area contributed by atoms with E-state index >= 15 is 0 Å². The molecule has 0 saturated carbocycles. The highest BCUT2D eigenvalue weighted by atomic mass is 35.5. The third-order valence-corrected chi connectivity index (χ3v) is 11.9. The van der Waals surface area contributed by atoms with Crippen LogP contribution in [0, 0.1) is 5.41 Å². The normalized spacial score (nSPS) is 17.8. The van der Waals surface area contributed by atoms with Gasteiger partial charge in [0.1, 0.15) is 0 Å². The highest BCUT2D eigenvalue weighted by Crippen LogP contribution is 2.43. The molecule has 15 heteroatoms. The Morgan fingerprint density at radius 1 is 0.938 bits per heavy atom. The predicted molar refractivity (Wildman–Crippen MR) is 180 cm³/mol. The molecule has 1 heterocycles. The van der Waals surface area contributed by atoms with Gasteiger partial charge >= 0.3 is 5.51 Å².